The molecule has 1 aliphatic heterocycles. The fraction of sp³-hybridized carbons (Fsp3) is 0.688. The summed E-state index contributed by atoms with van der Waals surface area (Å²) in [6.07, 6.45) is 7.42. The number of likely N-dealkylation sites (tertiary alicyclic amines) is 1. The molecule has 0 spiro atoms. The molecule has 1 aromatic heterocycles. The number of halogens is 1. The summed E-state index contributed by atoms with van der Waals surface area (Å²) in [7, 11) is 2.14. The molecule has 2 heterocycles. The number of ether oxygens (including phenoxy) is 1. The summed E-state index contributed by atoms with van der Waals surface area (Å²) < 4.78 is 19.9. The molecule has 21 heavy (non-hydrogen) atoms. The van der Waals surface area contributed by atoms with Gasteiger partial charge in [-0.15, -0.1) is 0 Å². The van der Waals surface area contributed by atoms with Gasteiger partial charge in [-0.3, -0.25) is 0 Å². The molecule has 3 rings (SSSR count). The molecule has 0 amide bonds. The highest BCUT2D eigenvalue weighted by atomic mass is 19.1. The topological polar surface area (TPSA) is 37.4 Å². The molecule has 1 N–H and O–H groups in total. The van der Waals surface area contributed by atoms with Gasteiger partial charge in [0, 0.05) is 30.4 Å². The van der Waals surface area contributed by atoms with Gasteiger partial charge in [-0.2, -0.15) is 0 Å². The summed E-state index contributed by atoms with van der Waals surface area (Å²) in [4.78, 5) is 6.38. The van der Waals surface area contributed by atoms with Crippen LogP contribution in [0.3, 0.4) is 0 Å². The molecule has 1 aliphatic carbocycles. The molecule has 1 saturated carbocycles. The number of pyridine rings is 1. The van der Waals surface area contributed by atoms with Crippen LogP contribution in [-0.4, -0.2) is 42.2 Å². The second kappa shape index (κ2) is 6.71. The van der Waals surface area contributed by atoms with E-state index in [9.17, 15) is 4.39 Å². The maximum Gasteiger partial charge on any atom is 0.250 e. The molecule has 1 atom stereocenters. The monoisotopic (exact) mass is 293 g/mol. The molecule has 2 fully saturated rings. The highest BCUT2D eigenvalue weighted by Gasteiger charge is 2.22. The minimum absolute atomic E-state index is 0.144. The second-order valence-corrected chi connectivity index (χ2v) is 6.16. The summed E-state index contributed by atoms with van der Waals surface area (Å²) in [6.45, 7) is 2.23. The van der Waals surface area contributed by atoms with Gasteiger partial charge in [0.1, 0.15) is 0 Å². The SMILES string of the molecule is CN1CCCC1CCOc1nccc(CNC2CC2)c1F. The van der Waals surface area contributed by atoms with Crippen LogP contribution in [0.1, 0.15) is 37.7 Å². The number of hydrogen-bond donors (Lipinski definition) is 1. The van der Waals surface area contributed by atoms with Crippen LogP contribution in [0.5, 0.6) is 5.88 Å². The largest absolute Gasteiger partial charge is 0.476 e. The predicted octanol–water partition coefficient (Wildman–Crippen LogP) is 2.34. The molecule has 0 aromatic carbocycles. The van der Waals surface area contributed by atoms with Gasteiger partial charge in [-0.05, 0) is 51.8 Å². The van der Waals surface area contributed by atoms with E-state index in [1.807, 2.05) is 0 Å². The quantitative estimate of drug-likeness (QED) is 0.837. The lowest BCUT2D eigenvalue weighted by molar-refractivity contribution is 0.222. The van der Waals surface area contributed by atoms with Crippen molar-refractivity contribution in [3.63, 3.8) is 0 Å². The van der Waals surface area contributed by atoms with Gasteiger partial charge in [0.15, 0.2) is 5.82 Å². The Hall–Kier alpha value is -1.20. The van der Waals surface area contributed by atoms with Gasteiger partial charge in [-0.1, -0.05) is 0 Å². The van der Waals surface area contributed by atoms with Gasteiger partial charge < -0.3 is 15.0 Å². The third kappa shape index (κ3) is 3.92. The fourth-order valence-electron chi connectivity index (χ4n) is 2.88. The van der Waals surface area contributed by atoms with Crippen molar-refractivity contribution >= 4 is 0 Å². The Bertz CT molecular complexity index is 479. The molecular weight excluding hydrogens is 269 g/mol. The maximum absolute atomic E-state index is 14.3. The van der Waals surface area contributed by atoms with Crippen LogP contribution in [0.15, 0.2) is 12.3 Å². The Morgan fingerprint density at radius 3 is 3.00 bits per heavy atom. The average Bonchev–Trinajstić information content (AvgIpc) is 3.22. The minimum atomic E-state index is -0.314. The molecule has 4 nitrogen and oxygen atoms in total. The number of aromatic nitrogens is 1. The van der Waals surface area contributed by atoms with E-state index in [1.165, 1.54) is 25.7 Å². The molecule has 0 bridgehead atoms. The zero-order valence-electron chi connectivity index (χ0n) is 12.6. The van der Waals surface area contributed by atoms with Crippen LogP contribution in [-0.2, 0) is 6.54 Å². The fourth-order valence-corrected chi connectivity index (χ4v) is 2.88. The zero-order chi connectivity index (χ0) is 14.7. The van der Waals surface area contributed by atoms with E-state index in [2.05, 4.69) is 22.2 Å². The van der Waals surface area contributed by atoms with Gasteiger partial charge in [0.2, 0.25) is 0 Å². The Morgan fingerprint density at radius 1 is 1.43 bits per heavy atom. The highest BCUT2D eigenvalue weighted by molar-refractivity contribution is 5.23. The van der Waals surface area contributed by atoms with Crippen molar-refractivity contribution in [3.05, 3.63) is 23.6 Å². The molecule has 1 saturated heterocycles. The van der Waals surface area contributed by atoms with E-state index < -0.39 is 0 Å². The molecule has 1 unspecified atom stereocenters. The van der Waals surface area contributed by atoms with Crippen molar-refractivity contribution in [1.82, 2.24) is 15.2 Å². The standard InChI is InChI=1S/C16H24FN3O/c1-20-9-2-3-14(20)7-10-21-16-15(17)12(6-8-18-16)11-19-13-4-5-13/h6,8,13-14,19H,2-5,7,9-11H2,1H3. The summed E-state index contributed by atoms with van der Waals surface area (Å²) in [5, 5.41) is 3.32. The first-order chi connectivity index (χ1) is 10.2. The predicted molar refractivity (Wildman–Crippen MR) is 79.8 cm³/mol. The van der Waals surface area contributed by atoms with Crippen molar-refractivity contribution in [2.75, 3.05) is 20.2 Å². The number of nitrogens with one attached hydrogen (secondary N) is 1. The molecule has 2 aliphatic rings. The van der Waals surface area contributed by atoms with Crippen LogP contribution in [0.2, 0.25) is 0 Å². The molecular formula is C16H24FN3O. The Labute approximate surface area is 125 Å². The minimum Gasteiger partial charge on any atom is -0.476 e. The molecule has 116 valence electrons. The van der Waals surface area contributed by atoms with Crippen molar-refractivity contribution in [2.45, 2.75) is 50.7 Å². The van der Waals surface area contributed by atoms with Gasteiger partial charge >= 0.3 is 0 Å². The highest BCUT2D eigenvalue weighted by Crippen LogP contribution is 2.22. The Balaban J connectivity index is 1.50. The summed E-state index contributed by atoms with van der Waals surface area (Å²) in [5.41, 5.74) is 0.643. The first-order valence-corrected chi connectivity index (χ1v) is 7.94. The van der Waals surface area contributed by atoms with E-state index in [0.717, 1.165) is 13.0 Å². The molecule has 0 radical (unpaired) electrons. The molecule has 5 heteroatoms. The van der Waals surface area contributed by atoms with Crippen LogP contribution in [0.4, 0.5) is 4.39 Å². The third-order valence-corrected chi connectivity index (χ3v) is 4.46. The average molecular weight is 293 g/mol. The summed E-state index contributed by atoms with van der Waals surface area (Å²) >= 11 is 0. The first kappa shape index (κ1) is 14.7. The molecule has 1 aromatic rings. The number of rotatable bonds is 7. The van der Waals surface area contributed by atoms with Crippen molar-refractivity contribution < 1.29 is 9.13 Å². The van der Waals surface area contributed by atoms with Crippen LogP contribution >= 0.6 is 0 Å². The lowest BCUT2D eigenvalue weighted by Gasteiger charge is -2.19. The summed E-state index contributed by atoms with van der Waals surface area (Å²) in [5.74, 6) is -0.170. The lowest BCUT2D eigenvalue weighted by atomic mass is 10.1. The lowest BCUT2D eigenvalue weighted by Crippen LogP contribution is -2.26. The van der Waals surface area contributed by atoms with E-state index >= 15 is 0 Å². The van der Waals surface area contributed by atoms with E-state index in [-0.39, 0.29) is 11.7 Å². The normalized spacial score (nSPS) is 22.7. The van der Waals surface area contributed by atoms with Crippen molar-refractivity contribution in [3.8, 4) is 5.88 Å². The van der Waals surface area contributed by atoms with E-state index in [0.29, 0.717) is 30.8 Å². The van der Waals surface area contributed by atoms with E-state index in [4.69, 9.17) is 4.74 Å². The first-order valence-electron chi connectivity index (χ1n) is 7.94. The van der Waals surface area contributed by atoms with E-state index in [1.54, 1.807) is 12.3 Å². The Morgan fingerprint density at radius 2 is 2.29 bits per heavy atom. The van der Waals surface area contributed by atoms with Gasteiger partial charge in [0.25, 0.3) is 5.88 Å². The van der Waals surface area contributed by atoms with Crippen LogP contribution in [0, 0.1) is 5.82 Å². The maximum atomic E-state index is 14.3. The van der Waals surface area contributed by atoms with Crippen molar-refractivity contribution in [2.24, 2.45) is 0 Å². The third-order valence-electron chi connectivity index (χ3n) is 4.46. The van der Waals surface area contributed by atoms with Crippen LogP contribution in [0.25, 0.3) is 0 Å². The Kier molecular flexibility index (Phi) is 4.70. The second-order valence-electron chi connectivity index (χ2n) is 6.16. The van der Waals surface area contributed by atoms with Crippen LogP contribution < -0.4 is 10.1 Å². The smallest absolute Gasteiger partial charge is 0.250 e. The van der Waals surface area contributed by atoms with Gasteiger partial charge in [-0.25, -0.2) is 9.37 Å². The summed E-state index contributed by atoms with van der Waals surface area (Å²) in [6, 6.07) is 2.86. The zero-order valence-corrected chi connectivity index (χ0v) is 12.6. The number of hydrogen-bond acceptors (Lipinski definition) is 4. The van der Waals surface area contributed by atoms with Gasteiger partial charge in [0.05, 0.1) is 6.61 Å². The number of nitrogens with zero attached hydrogens (tertiary/aromatic N) is 2. The van der Waals surface area contributed by atoms with Crippen molar-refractivity contribution in [1.29, 1.82) is 0 Å².